The van der Waals surface area contributed by atoms with Gasteiger partial charge in [-0.15, -0.1) is 0 Å². The molecule has 0 aliphatic heterocycles. The second kappa shape index (κ2) is 7.30. The lowest BCUT2D eigenvalue weighted by Crippen LogP contribution is -2.37. The lowest BCUT2D eigenvalue weighted by Gasteiger charge is -2.26. The highest BCUT2D eigenvalue weighted by Gasteiger charge is 2.23. The molecule has 0 bridgehead atoms. The number of benzene rings is 3. The highest BCUT2D eigenvalue weighted by Crippen LogP contribution is 2.28. The second-order valence-electron chi connectivity index (χ2n) is 7.04. The summed E-state index contributed by atoms with van der Waals surface area (Å²) in [6.45, 7) is 0. The molecule has 1 saturated carbocycles. The van der Waals surface area contributed by atoms with Crippen molar-refractivity contribution in [1.82, 2.24) is 0 Å². The van der Waals surface area contributed by atoms with Gasteiger partial charge in [-0.05, 0) is 35.7 Å². The SMILES string of the molecule is N[C@@H]1CCCC[C@H]1N=C(c1ccccc1O)c1cccc2ccccc12. The third kappa shape index (κ3) is 3.23. The van der Waals surface area contributed by atoms with E-state index >= 15 is 0 Å². The Morgan fingerprint density at radius 3 is 2.38 bits per heavy atom. The van der Waals surface area contributed by atoms with Crippen LogP contribution in [0.5, 0.6) is 5.75 Å². The van der Waals surface area contributed by atoms with Crippen molar-refractivity contribution in [3.05, 3.63) is 77.9 Å². The maximum atomic E-state index is 10.5. The van der Waals surface area contributed by atoms with E-state index in [-0.39, 0.29) is 17.8 Å². The molecule has 0 saturated heterocycles. The van der Waals surface area contributed by atoms with E-state index in [1.54, 1.807) is 6.07 Å². The van der Waals surface area contributed by atoms with Gasteiger partial charge in [-0.2, -0.15) is 0 Å². The predicted octanol–water partition coefficient (Wildman–Crippen LogP) is 4.65. The van der Waals surface area contributed by atoms with Crippen molar-refractivity contribution in [2.45, 2.75) is 37.8 Å². The Hall–Kier alpha value is -2.65. The van der Waals surface area contributed by atoms with E-state index in [0.29, 0.717) is 0 Å². The minimum Gasteiger partial charge on any atom is -0.507 e. The van der Waals surface area contributed by atoms with Crippen molar-refractivity contribution in [3.8, 4) is 5.75 Å². The van der Waals surface area contributed by atoms with Gasteiger partial charge in [0.25, 0.3) is 0 Å². The molecule has 0 unspecified atom stereocenters. The molecule has 2 atom stereocenters. The van der Waals surface area contributed by atoms with Gasteiger partial charge in [-0.25, -0.2) is 0 Å². The van der Waals surface area contributed by atoms with Crippen molar-refractivity contribution < 1.29 is 5.11 Å². The lowest BCUT2D eigenvalue weighted by atomic mass is 9.90. The molecule has 0 amide bonds. The number of aromatic hydroxyl groups is 1. The fourth-order valence-electron chi connectivity index (χ4n) is 3.86. The van der Waals surface area contributed by atoms with Gasteiger partial charge in [-0.3, -0.25) is 4.99 Å². The average molecular weight is 344 g/mol. The maximum Gasteiger partial charge on any atom is 0.124 e. The van der Waals surface area contributed by atoms with Crippen LogP contribution in [0.4, 0.5) is 0 Å². The lowest BCUT2D eigenvalue weighted by molar-refractivity contribution is 0.386. The zero-order valence-corrected chi connectivity index (χ0v) is 14.8. The van der Waals surface area contributed by atoms with Crippen molar-refractivity contribution in [2.24, 2.45) is 10.7 Å². The van der Waals surface area contributed by atoms with Gasteiger partial charge in [-0.1, -0.05) is 67.4 Å². The molecule has 3 nitrogen and oxygen atoms in total. The quantitative estimate of drug-likeness (QED) is 0.679. The second-order valence-corrected chi connectivity index (χ2v) is 7.04. The normalized spacial score (nSPS) is 21.0. The van der Waals surface area contributed by atoms with Crippen LogP contribution >= 0.6 is 0 Å². The Kier molecular flexibility index (Phi) is 4.72. The van der Waals surface area contributed by atoms with Gasteiger partial charge in [0.05, 0.1) is 11.8 Å². The number of hydrogen-bond donors (Lipinski definition) is 2. The molecule has 0 radical (unpaired) electrons. The molecule has 3 aromatic carbocycles. The van der Waals surface area contributed by atoms with Gasteiger partial charge in [0.1, 0.15) is 5.75 Å². The van der Waals surface area contributed by atoms with Crippen LogP contribution in [-0.2, 0) is 0 Å². The summed E-state index contributed by atoms with van der Waals surface area (Å²) in [6.07, 6.45) is 4.35. The van der Waals surface area contributed by atoms with Gasteiger partial charge in [0, 0.05) is 17.2 Å². The highest BCUT2D eigenvalue weighted by molar-refractivity contribution is 6.20. The molecule has 0 spiro atoms. The minimum atomic E-state index is 0.0829. The molecule has 1 aliphatic carbocycles. The molecule has 0 heterocycles. The number of phenols is 1. The summed E-state index contributed by atoms with van der Waals surface area (Å²) in [4.78, 5) is 5.10. The van der Waals surface area contributed by atoms with E-state index in [4.69, 9.17) is 10.7 Å². The third-order valence-electron chi connectivity index (χ3n) is 5.28. The van der Waals surface area contributed by atoms with Crippen molar-refractivity contribution in [2.75, 3.05) is 0 Å². The Balaban J connectivity index is 1.92. The number of para-hydroxylation sites is 1. The monoisotopic (exact) mass is 344 g/mol. The minimum absolute atomic E-state index is 0.0829. The van der Waals surface area contributed by atoms with Crippen LogP contribution in [0, 0.1) is 0 Å². The molecule has 3 N–H and O–H groups in total. The Morgan fingerprint density at radius 1 is 0.846 bits per heavy atom. The molecule has 1 aliphatic rings. The third-order valence-corrected chi connectivity index (χ3v) is 5.28. The fourth-order valence-corrected chi connectivity index (χ4v) is 3.86. The molecule has 3 heteroatoms. The Morgan fingerprint density at radius 2 is 1.54 bits per heavy atom. The smallest absolute Gasteiger partial charge is 0.124 e. The molecule has 1 fully saturated rings. The number of nitrogens with zero attached hydrogens (tertiary/aromatic N) is 1. The Labute approximate surface area is 154 Å². The van der Waals surface area contributed by atoms with Crippen LogP contribution in [0.25, 0.3) is 10.8 Å². The number of phenolic OH excluding ortho intramolecular Hbond substituents is 1. The number of nitrogens with two attached hydrogens (primary N) is 1. The number of rotatable bonds is 3. The van der Waals surface area contributed by atoms with Crippen molar-refractivity contribution in [1.29, 1.82) is 0 Å². The summed E-state index contributed by atoms with van der Waals surface area (Å²) >= 11 is 0. The summed E-state index contributed by atoms with van der Waals surface area (Å²) in [5.74, 6) is 0.253. The highest BCUT2D eigenvalue weighted by atomic mass is 16.3. The average Bonchev–Trinajstić information content (AvgIpc) is 2.68. The largest absolute Gasteiger partial charge is 0.507 e. The van der Waals surface area contributed by atoms with Crippen LogP contribution in [-0.4, -0.2) is 22.9 Å². The van der Waals surface area contributed by atoms with Crippen molar-refractivity contribution >= 4 is 16.5 Å². The summed E-state index contributed by atoms with van der Waals surface area (Å²) in [6, 6.07) is 22.2. The predicted molar refractivity (Wildman–Crippen MR) is 108 cm³/mol. The van der Waals surface area contributed by atoms with E-state index in [1.165, 1.54) is 11.8 Å². The standard InChI is InChI=1S/C23H24N2O/c24-20-13-4-5-14-21(20)25-23(19-11-3-6-15-22(19)26)18-12-7-9-16-8-1-2-10-17(16)18/h1-3,6-12,15,20-21,26H,4-5,13-14,24H2/t20-,21-/m1/s1. The zero-order chi connectivity index (χ0) is 17.9. The van der Waals surface area contributed by atoms with Crippen molar-refractivity contribution in [3.63, 3.8) is 0 Å². The van der Waals surface area contributed by atoms with E-state index in [2.05, 4.69) is 24.3 Å². The molecule has 3 aromatic rings. The van der Waals surface area contributed by atoms with Crippen LogP contribution in [0.15, 0.2) is 71.7 Å². The van der Waals surface area contributed by atoms with Crippen LogP contribution in [0.1, 0.15) is 36.8 Å². The van der Waals surface area contributed by atoms with Crippen LogP contribution < -0.4 is 5.73 Å². The first-order valence-corrected chi connectivity index (χ1v) is 9.34. The van der Waals surface area contributed by atoms with E-state index in [1.807, 2.05) is 36.4 Å². The molecule has 26 heavy (non-hydrogen) atoms. The van der Waals surface area contributed by atoms with Crippen LogP contribution in [0.3, 0.4) is 0 Å². The van der Waals surface area contributed by atoms with Gasteiger partial charge in [0.2, 0.25) is 0 Å². The summed E-state index contributed by atoms with van der Waals surface area (Å²) in [7, 11) is 0. The first-order valence-electron chi connectivity index (χ1n) is 9.34. The molecular formula is C23H24N2O. The number of fused-ring (bicyclic) bond motifs is 1. The number of hydrogen-bond acceptors (Lipinski definition) is 3. The molecule has 4 rings (SSSR count). The van der Waals surface area contributed by atoms with E-state index < -0.39 is 0 Å². The van der Waals surface area contributed by atoms with E-state index in [0.717, 1.165) is 41.5 Å². The first kappa shape index (κ1) is 16.8. The first-order chi connectivity index (χ1) is 12.7. The molecular weight excluding hydrogens is 320 g/mol. The van der Waals surface area contributed by atoms with Gasteiger partial charge in [0.15, 0.2) is 0 Å². The van der Waals surface area contributed by atoms with Gasteiger partial charge >= 0.3 is 0 Å². The fraction of sp³-hybridized carbons (Fsp3) is 0.261. The van der Waals surface area contributed by atoms with Crippen LogP contribution in [0.2, 0.25) is 0 Å². The summed E-state index contributed by atoms with van der Waals surface area (Å²) < 4.78 is 0. The number of aliphatic imine (C=N–C) groups is 1. The topological polar surface area (TPSA) is 58.6 Å². The Bertz CT molecular complexity index is 942. The summed E-state index contributed by atoms with van der Waals surface area (Å²) in [5.41, 5.74) is 9.01. The molecule has 132 valence electrons. The summed E-state index contributed by atoms with van der Waals surface area (Å²) in [5, 5.41) is 12.8. The maximum absolute atomic E-state index is 10.5. The zero-order valence-electron chi connectivity index (χ0n) is 14.8. The van der Waals surface area contributed by atoms with Gasteiger partial charge < -0.3 is 10.8 Å². The van der Waals surface area contributed by atoms with E-state index in [9.17, 15) is 5.11 Å². The molecule has 0 aromatic heterocycles.